The molecule has 3 N–H and O–H groups in total. The van der Waals surface area contributed by atoms with E-state index in [9.17, 15) is 13.2 Å². The largest absolute Gasteiger partial charge is 0.496 e. The topological polar surface area (TPSA) is 102 Å². The summed E-state index contributed by atoms with van der Waals surface area (Å²) in [6, 6.07) is 2.94. The second-order valence-electron chi connectivity index (χ2n) is 6.28. The predicted octanol–water partition coefficient (Wildman–Crippen LogP) is 1.45. The average Bonchev–Trinajstić information content (AvgIpc) is 3.06. The minimum atomic E-state index is -3.54. The third-order valence-corrected chi connectivity index (χ3v) is 6.44. The molecule has 1 fully saturated rings. The molecule has 2 rings (SSSR count). The van der Waals surface area contributed by atoms with Crippen LogP contribution >= 0.6 is 0 Å². The molecule has 0 aliphatic carbocycles. The van der Waals surface area contributed by atoms with Gasteiger partial charge in [-0.05, 0) is 25.5 Å². The van der Waals surface area contributed by atoms with E-state index in [1.165, 1.54) is 26.2 Å². The maximum Gasteiger partial charge on any atom is 0.255 e. The van der Waals surface area contributed by atoms with Crippen LogP contribution in [-0.4, -0.2) is 57.8 Å². The summed E-state index contributed by atoms with van der Waals surface area (Å²) in [5, 5.41) is 2.89. The third-order valence-electron chi connectivity index (χ3n) is 4.65. The van der Waals surface area contributed by atoms with Crippen LogP contribution in [0.3, 0.4) is 0 Å². The molecule has 1 aromatic carbocycles. The van der Waals surface area contributed by atoms with Gasteiger partial charge in [-0.25, -0.2) is 8.42 Å². The van der Waals surface area contributed by atoms with Crippen LogP contribution in [0.4, 0.5) is 5.69 Å². The van der Waals surface area contributed by atoms with Crippen molar-refractivity contribution in [1.82, 2.24) is 10.2 Å². The molecule has 26 heavy (non-hydrogen) atoms. The fraction of sp³-hybridized carbons (Fsp3) is 0.500. The molecule has 8 heteroatoms. The number of amides is 1. The van der Waals surface area contributed by atoms with Crippen LogP contribution in [0, 0.1) is 0 Å². The SMILES string of the molecule is C=CCN1CCCC1CNC(=O)c1cc(S(=O)(=O)CC)c(N)cc1OC. The van der Waals surface area contributed by atoms with E-state index in [4.69, 9.17) is 10.5 Å². The number of sulfone groups is 1. The third kappa shape index (κ3) is 4.37. The quantitative estimate of drug-likeness (QED) is 0.522. The fourth-order valence-corrected chi connectivity index (χ4v) is 4.21. The van der Waals surface area contributed by atoms with Crippen LogP contribution in [0.5, 0.6) is 5.75 Å². The van der Waals surface area contributed by atoms with E-state index >= 15 is 0 Å². The van der Waals surface area contributed by atoms with E-state index in [-0.39, 0.29) is 39.6 Å². The highest BCUT2D eigenvalue weighted by Crippen LogP contribution is 2.29. The normalized spacial score (nSPS) is 17.8. The van der Waals surface area contributed by atoms with Gasteiger partial charge in [-0.2, -0.15) is 0 Å². The molecule has 0 radical (unpaired) electrons. The zero-order valence-electron chi connectivity index (χ0n) is 15.3. The molecule has 1 aliphatic heterocycles. The molecule has 7 nitrogen and oxygen atoms in total. The van der Waals surface area contributed by atoms with E-state index in [1.54, 1.807) is 0 Å². The van der Waals surface area contributed by atoms with Crippen molar-refractivity contribution in [3.05, 3.63) is 30.4 Å². The number of methoxy groups -OCH3 is 1. The van der Waals surface area contributed by atoms with E-state index in [0.29, 0.717) is 6.54 Å². The van der Waals surface area contributed by atoms with Crippen molar-refractivity contribution in [1.29, 1.82) is 0 Å². The second-order valence-corrected chi connectivity index (χ2v) is 8.53. The number of rotatable bonds is 8. The Morgan fingerprint density at radius 3 is 2.85 bits per heavy atom. The molecule has 0 spiro atoms. The van der Waals surface area contributed by atoms with Crippen molar-refractivity contribution in [3.8, 4) is 5.75 Å². The number of benzene rings is 1. The molecule has 1 heterocycles. The van der Waals surface area contributed by atoms with E-state index in [0.717, 1.165) is 25.9 Å². The van der Waals surface area contributed by atoms with Crippen molar-refractivity contribution < 1.29 is 17.9 Å². The number of nitrogens with zero attached hydrogens (tertiary/aromatic N) is 1. The van der Waals surface area contributed by atoms with Crippen LogP contribution in [0.1, 0.15) is 30.1 Å². The fourth-order valence-electron chi connectivity index (χ4n) is 3.19. The van der Waals surface area contributed by atoms with Gasteiger partial charge in [0, 0.05) is 25.2 Å². The summed E-state index contributed by atoms with van der Waals surface area (Å²) < 4.78 is 29.6. The number of hydrogen-bond donors (Lipinski definition) is 2. The second kappa shape index (κ2) is 8.55. The monoisotopic (exact) mass is 381 g/mol. The van der Waals surface area contributed by atoms with Gasteiger partial charge in [-0.15, -0.1) is 6.58 Å². The number of nitrogens with one attached hydrogen (secondary N) is 1. The molecule has 1 atom stereocenters. The molecule has 1 unspecified atom stereocenters. The zero-order chi connectivity index (χ0) is 19.3. The zero-order valence-corrected chi connectivity index (χ0v) is 16.1. The molecule has 144 valence electrons. The van der Waals surface area contributed by atoms with Crippen molar-refractivity contribution in [3.63, 3.8) is 0 Å². The summed E-state index contributed by atoms with van der Waals surface area (Å²) in [7, 11) is -2.12. The van der Waals surface area contributed by atoms with Crippen molar-refractivity contribution in [2.45, 2.75) is 30.7 Å². The van der Waals surface area contributed by atoms with Gasteiger partial charge in [0.15, 0.2) is 9.84 Å². The van der Waals surface area contributed by atoms with Gasteiger partial charge in [-0.1, -0.05) is 13.0 Å². The Balaban J connectivity index is 2.22. The summed E-state index contributed by atoms with van der Waals surface area (Å²) >= 11 is 0. The number of carbonyl (C=O) groups is 1. The lowest BCUT2D eigenvalue weighted by Gasteiger charge is -2.23. The first-order valence-electron chi connectivity index (χ1n) is 8.67. The Hall–Kier alpha value is -2.06. The van der Waals surface area contributed by atoms with E-state index < -0.39 is 9.84 Å². The maximum atomic E-state index is 12.7. The lowest BCUT2D eigenvalue weighted by molar-refractivity contribution is 0.0939. The number of hydrogen-bond acceptors (Lipinski definition) is 6. The Bertz CT molecular complexity index is 777. The smallest absolute Gasteiger partial charge is 0.255 e. The summed E-state index contributed by atoms with van der Waals surface area (Å²) in [6.07, 6.45) is 3.94. The minimum Gasteiger partial charge on any atom is -0.496 e. The van der Waals surface area contributed by atoms with Gasteiger partial charge < -0.3 is 15.8 Å². The molecule has 1 aromatic rings. The van der Waals surface area contributed by atoms with Gasteiger partial charge in [0.05, 0.1) is 29.0 Å². The Morgan fingerprint density at radius 1 is 1.50 bits per heavy atom. The first-order chi connectivity index (χ1) is 12.3. The van der Waals surface area contributed by atoms with E-state index in [1.807, 2.05) is 6.08 Å². The molecular weight excluding hydrogens is 354 g/mol. The van der Waals surface area contributed by atoms with Crippen LogP contribution in [0.2, 0.25) is 0 Å². The molecule has 1 amide bonds. The van der Waals surface area contributed by atoms with Gasteiger partial charge in [0.1, 0.15) is 5.75 Å². The predicted molar refractivity (Wildman–Crippen MR) is 102 cm³/mol. The number of nitrogens with two attached hydrogens (primary N) is 1. The average molecular weight is 381 g/mol. The Kier molecular flexibility index (Phi) is 6.66. The minimum absolute atomic E-state index is 0.0416. The summed E-state index contributed by atoms with van der Waals surface area (Å²) in [5.41, 5.74) is 6.09. The van der Waals surface area contributed by atoms with Crippen molar-refractivity contribution >= 4 is 21.4 Å². The van der Waals surface area contributed by atoms with Crippen LogP contribution in [0.15, 0.2) is 29.7 Å². The molecular formula is C18H27N3O4S. The van der Waals surface area contributed by atoms with Gasteiger partial charge in [-0.3, -0.25) is 9.69 Å². The number of nitrogen functional groups attached to an aromatic ring is 1. The number of likely N-dealkylation sites (tertiary alicyclic amines) is 1. The standard InChI is InChI=1S/C18H27N3O4S/c1-4-8-21-9-6-7-13(21)12-20-18(22)14-10-17(26(23,24)5-2)15(19)11-16(14)25-3/h4,10-11,13H,1,5-9,12,19H2,2-3H3,(H,20,22). The number of ether oxygens (including phenoxy) is 1. The Morgan fingerprint density at radius 2 is 2.23 bits per heavy atom. The molecule has 0 bridgehead atoms. The van der Waals surface area contributed by atoms with E-state index in [2.05, 4.69) is 16.8 Å². The van der Waals surface area contributed by atoms with Gasteiger partial charge >= 0.3 is 0 Å². The highest BCUT2D eigenvalue weighted by Gasteiger charge is 2.26. The van der Waals surface area contributed by atoms with Gasteiger partial charge in [0.2, 0.25) is 0 Å². The van der Waals surface area contributed by atoms with Crippen molar-refractivity contribution in [2.75, 3.05) is 38.2 Å². The van der Waals surface area contributed by atoms with Crippen molar-refractivity contribution in [2.24, 2.45) is 0 Å². The maximum absolute atomic E-state index is 12.7. The number of anilines is 1. The lowest BCUT2D eigenvalue weighted by Crippen LogP contribution is -2.40. The van der Waals surface area contributed by atoms with Crippen LogP contribution in [-0.2, 0) is 9.84 Å². The first-order valence-corrected chi connectivity index (χ1v) is 10.3. The molecule has 1 saturated heterocycles. The molecule has 0 aromatic heterocycles. The highest BCUT2D eigenvalue weighted by atomic mass is 32.2. The number of carbonyl (C=O) groups excluding carboxylic acids is 1. The molecule has 1 aliphatic rings. The van der Waals surface area contributed by atoms with Crippen LogP contribution in [0.25, 0.3) is 0 Å². The lowest BCUT2D eigenvalue weighted by atomic mass is 10.1. The van der Waals surface area contributed by atoms with Crippen LogP contribution < -0.4 is 15.8 Å². The summed E-state index contributed by atoms with van der Waals surface area (Å²) in [5.74, 6) is -0.215. The first kappa shape index (κ1) is 20.3. The molecule has 0 saturated carbocycles. The summed E-state index contributed by atoms with van der Waals surface area (Å²) in [6.45, 7) is 7.54. The highest BCUT2D eigenvalue weighted by molar-refractivity contribution is 7.91. The summed E-state index contributed by atoms with van der Waals surface area (Å²) in [4.78, 5) is 14.9. The Labute approximate surface area is 155 Å². The van der Waals surface area contributed by atoms with Gasteiger partial charge in [0.25, 0.3) is 5.91 Å².